The zero-order chi connectivity index (χ0) is 23.5. The van der Waals surface area contributed by atoms with E-state index in [0.717, 1.165) is 31.6 Å². The highest BCUT2D eigenvalue weighted by Gasteiger charge is 2.68. The van der Waals surface area contributed by atoms with E-state index in [1.165, 1.54) is 19.3 Å². The lowest BCUT2D eigenvalue weighted by atomic mass is 9.36. The number of hydrogen-bond acceptors (Lipinski definition) is 2. The van der Waals surface area contributed by atoms with Gasteiger partial charge in [0.05, 0.1) is 12.2 Å². The predicted molar refractivity (Wildman–Crippen MR) is 132 cm³/mol. The summed E-state index contributed by atoms with van der Waals surface area (Å²) in [7, 11) is 0. The van der Waals surface area contributed by atoms with E-state index in [1.54, 1.807) is 11.1 Å². The molecule has 2 N–H and O–H groups in total. The Kier molecular flexibility index (Phi) is 4.88. The van der Waals surface area contributed by atoms with Crippen molar-refractivity contribution in [3.8, 4) is 0 Å². The summed E-state index contributed by atoms with van der Waals surface area (Å²) in [5.74, 6) is 2.06. The van der Waals surface area contributed by atoms with Crippen LogP contribution in [0.4, 0.5) is 0 Å². The third kappa shape index (κ3) is 2.55. The molecular formula is C30H48O2. The second-order valence-corrected chi connectivity index (χ2v) is 14.4. The first-order valence-electron chi connectivity index (χ1n) is 13.5. The number of aliphatic hydroxyl groups excluding tert-OH is 2. The molecule has 9 atom stereocenters. The molecule has 180 valence electrons. The standard InChI is InChI=1S/C30H48O2/c1-18(2)19-9-10-22-28(19,6)15-16-30(8)25-20(11-14-29(22,30)7)27(5)13-12-24(32)26(3,4)23(27)17-21(25)31/h10-11,18-19,21,23-25,31-32H,9,12-17H2,1-8H3/t19-,21-,23-,24-,25-,27+,28-,29+,30-/m0/s1. The lowest BCUT2D eigenvalue weighted by molar-refractivity contribution is -0.159. The van der Waals surface area contributed by atoms with Crippen LogP contribution in [0.3, 0.4) is 0 Å². The van der Waals surface area contributed by atoms with Crippen LogP contribution in [0.2, 0.25) is 0 Å². The van der Waals surface area contributed by atoms with E-state index < -0.39 is 0 Å². The summed E-state index contributed by atoms with van der Waals surface area (Å²) >= 11 is 0. The van der Waals surface area contributed by atoms with Gasteiger partial charge >= 0.3 is 0 Å². The van der Waals surface area contributed by atoms with Gasteiger partial charge in [0.2, 0.25) is 0 Å². The second kappa shape index (κ2) is 6.75. The Morgan fingerprint density at radius 1 is 0.906 bits per heavy atom. The smallest absolute Gasteiger partial charge is 0.0614 e. The Hall–Kier alpha value is -0.600. The number of hydrogen-bond donors (Lipinski definition) is 2. The second-order valence-electron chi connectivity index (χ2n) is 14.4. The highest BCUT2D eigenvalue weighted by atomic mass is 16.3. The third-order valence-electron chi connectivity index (χ3n) is 12.6. The van der Waals surface area contributed by atoms with Crippen LogP contribution in [0.15, 0.2) is 23.3 Å². The molecule has 0 aromatic rings. The predicted octanol–water partition coefficient (Wildman–Crippen LogP) is 6.92. The highest BCUT2D eigenvalue weighted by Crippen LogP contribution is 2.75. The first-order valence-corrected chi connectivity index (χ1v) is 13.5. The molecule has 32 heavy (non-hydrogen) atoms. The van der Waals surface area contributed by atoms with E-state index in [9.17, 15) is 10.2 Å². The molecule has 5 rings (SSSR count). The van der Waals surface area contributed by atoms with Crippen molar-refractivity contribution in [2.45, 2.75) is 113 Å². The van der Waals surface area contributed by atoms with Gasteiger partial charge in [-0.3, -0.25) is 0 Å². The summed E-state index contributed by atoms with van der Waals surface area (Å²) in [5, 5.41) is 22.6. The molecule has 2 heteroatoms. The van der Waals surface area contributed by atoms with Crippen molar-refractivity contribution < 1.29 is 10.2 Å². The molecule has 0 spiro atoms. The molecule has 0 aromatic carbocycles. The van der Waals surface area contributed by atoms with E-state index in [1.807, 2.05) is 0 Å². The van der Waals surface area contributed by atoms with Gasteiger partial charge < -0.3 is 10.2 Å². The number of fused-ring (bicyclic) bond motifs is 7. The van der Waals surface area contributed by atoms with Crippen LogP contribution >= 0.6 is 0 Å². The van der Waals surface area contributed by atoms with Gasteiger partial charge in [0.15, 0.2) is 0 Å². The zero-order valence-corrected chi connectivity index (χ0v) is 22.0. The van der Waals surface area contributed by atoms with Gasteiger partial charge in [-0.15, -0.1) is 0 Å². The SMILES string of the molecule is CC(C)[C@@H]1CC=C2[C@@]1(C)CC[C@@]1(C)[C@H]3C(=CC[C@]21C)[C@@]1(C)CC[C@H](O)C(C)(C)[C@@H]1C[C@@H]3O. The average molecular weight is 441 g/mol. The van der Waals surface area contributed by atoms with E-state index in [-0.39, 0.29) is 39.8 Å². The first kappa shape index (κ1) is 23.2. The van der Waals surface area contributed by atoms with Crippen molar-refractivity contribution in [3.05, 3.63) is 23.3 Å². The Morgan fingerprint density at radius 2 is 1.59 bits per heavy atom. The van der Waals surface area contributed by atoms with Crippen molar-refractivity contribution in [1.29, 1.82) is 0 Å². The van der Waals surface area contributed by atoms with Crippen molar-refractivity contribution in [2.75, 3.05) is 0 Å². The summed E-state index contributed by atoms with van der Waals surface area (Å²) in [4.78, 5) is 0. The summed E-state index contributed by atoms with van der Waals surface area (Å²) in [5.41, 5.74) is 3.76. The number of rotatable bonds is 1. The topological polar surface area (TPSA) is 40.5 Å². The monoisotopic (exact) mass is 440 g/mol. The lowest BCUT2D eigenvalue weighted by Gasteiger charge is -2.68. The van der Waals surface area contributed by atoms with Gasteiger partial charge in [-0.05, 0) is 89.8 Å². The van der Waals surface area contributed by atoms with Gasteiger partial charge in [0.25, 0.3) is 0 Å². The average Bonchev–Trinajstić information content (AvgIpc) is 3.07. The van der Waals surface area contributed by atoms with E-state index in [0.29, 0.717) is 17.3 Å². The lowest BCUT2D eigenvalue weighted by Crippen LogP contribution is -2.63. The molecule has 0 aromatic heterocycles. The third-order valence-corrected chi connectivity index (χ3v) is 12.6. The largest absolute Gasteiger partial charge is 0.393 e. The van der Waals surface area contributed by atoms with Crippen LogP contribution in [0, 0.1) is 50.7 Å². The molecule has 0 bridgehead atoms. The Bertz CT molecular complexity index is 866. The first-order chi connectivity index (χ1) is 14.7. The molecule has 0 radical (unpaired) electrons. The molecule has 5 aliphatic rings. The molecule has 0 unspecified atom stereocenters. The molecule has 0 heterocycles. The molecule has 0 amide bonds. The Labute approximate surface area is 197 Å². The van der Waals surface area contributed by atoms with Crippen molar-refractivity contribution in [2.24, 2.45) is 50.7 Å². The normalized spacial score (nSPS) is 54.2. The van der Waals surface area contributed by atoms with Gasteiger partial charge in [0, 0.05) is 5.92 Å². The summed E-state index contributed by atoms with van der Waals surface area (Å²) in [6.45, 7) is 19.4. The molecular weight excluding hydrogens is 392 g/mol. The van der Waals surface area contributed by atoms with Gasteiger partial charge in [-0.1, -0.05) is 78.7 Å². The van der Waals surface area contributed by atoms with Gasteiger partial charge in [-0.25, -0.2) is 0 Å². The molecule has 3 fully saturated rings. The summed E-state index contributed by atoms with van der Waals surface area (Å²) in [6, 6.07) is 0. The fraction of sp³-hybridized carbons (Fsp3) is 0.867. The van der Waals surface area contributed by atoms with Crippen LogP contribution < -0.4 is 0 Å². The highest BCUT2D eigenvalue weighted by molar-refractivity contribution is 5.42. The van der Waals surface area contributed by atoms with Crippen LogP contribution in [-0.2, 0) is 0 Å². The van der Waals surface area contributed by atoms with Crippen LogP contribution in [-0.4, -0.2) is 22.4 Å². The van der Waals surface area contributed by atoms with E-state index in [2.05, 4.69) is 67.5 Å². The zero-order valence-electron chi connectivity index (χ0n) is 22.0. The van der Waals surface area contributed by atoms with Crippen LogP contribution in [0.1, 0.15) is 100 Å². The molecule has 0 aliphatic heterocycles. The van der Waals surface area contributed by atoms with Gasteiger partial charge in [-0.2, -0.15) is 0 Å². The molecule has 3 saturated carbocycles. The quantitative estimate of drug-likeness (QED) is 0.435. The Balaban J connectivity index is 1.61. The minimum Gasteiger partial charge on any atom is -0.393 e. The molecule has 2 nitrogen and oxygen atoms in total. The van der Waals surface area contributed by atoms with Gasteiger partial charge in [0.1, 0.15) is 0 Å². The molecule has 5 aliphatic carbocycles. The minimum atomic E-state index is -0.305. The van der Waals surface area contributed by atoms with Crippen LogP contribution in [0.5, 0.6) is 0 Å². The molecule has 0 saturated heterocycles. The van der Waals surface area contributed by atoms with Crippen molar-refractivity contribution >= 4 is 0 Å². The van der Waals surface area contributed by atoms with E-state index >= 15 is 0 Å². The fourth-order valence-corrected chi connectivity index (χ4v) is 10.4. The summed E-state index contributed by atoms with van der Waals surface area (Å²) < 4.78 is 0. The number of allylic oxidation sites excluding steroid dienone is 3. The fourth-order valence-electron chi connectivity index (χ4n) is 10.4. The Morgan fingerprint density at radius 3 is 2.25 bits per heavy atom. The van der Waals surface area contributed by atoms with Crippen LogP contribution in [0.25, 0.3) is 0 Å². The van der Waals surface area contributed by atoms with Crippen molar-refractivity contribution in [1.82, 2.24) is 0 Å². The summed E-state index contributed by atoms with van der Waals surface area (Å²) in [6.07, 6.45) is 12.2. The minimum absolute atomic E-state index is 0.0991. The maximum atomic E-state index is 11.8. The van der Waals surface area contributed by atoms with E-state index in [4.69, 9.17) is 0 Å². The number of aliphatic hydroxyl groups is 2. The maximum Gasteiger partial charge on any atom is 0.0614 e. The maximum absolute atomic E-state index is 11.8. The van der Waals surface area contributed by atoms with Crippen molar-refractivity contribution in [3.63, 3.8) is 0 Å².